The predicted molar refractivity (Wildman–Crippen MR) is 171 cm³/mol. The Morgan fingerprint density at radius 1 is 1.02 bits per heavy atom. The second-order valence-corrected chi connectivity index (χ2v) is 14.6. The molecule has 1 saturated heterocycles. The third kappa shape index (κ3) is 5.94. The lowest BCUT2D eigenvalue weighted by atomic mass is 9.51. The van der Waals surface area contributed by atoms with Crippen molar-refractivity contribution in [2.24, 2.45) is 11.8 Å². The molecule has 242 valence electrons. The minimum Gasteiger partial charge on any atom is -0.483 e. The van der Waals surface area contributed by atoms with Crippen LogP contribution in [0.3, 0.4) is 0 Å². The molecular formula is C37H54N2O5. The number of ketones is 1. The molecule has 0 N–H and O–H groups in total. The SMILES string of the molecule is CCCCCN(C(=O)CCCCC1CCCCC1)[C@H]1CC[C@H]2[C@H]3Cc4ccc(OC(C)=O)c5c4[C@@]2(CCN3CC(C)=O)[C@H]1O5. The summed E-state index contributed by atoms with van der Waals surface area (Å²) in [5.41, 5.74) is 2.24. The highest BCUT2D eigenvalue weighted by molar-refractivity contribution is 5.78. The van der Waals surface area contributed by atoms with Gasteiger partial charge in [0.05, 0.1) is 12.6 Å². The smallest absolute Gasteiger partial charge is 0.308 e. The number of unbranched alkanes of at least 4 members (excludes halogenated alkanes) is 3. The van der Waals surface area contributed by atoms with Crippen molar-refractivity contribution in [1.82, 2.24) is 9.80 Å². The third-order valence-electron chi connectivity index (χ3n) is 11.8. The van der Waals surface area contributed by atoms with Gasteiger partial charge in [-0.2, -0.15) is 0 Å². The van der Waals surface area contributed by atoms with Gasteiger partial charge in [-0.1, -0.05) is 70.8 Å². The highest BCUT2D eigenvalue weighted by atomic mass is 16.6. The second-order valence-electron chi connectivity index (χ2n) is 14.6. The quantitative estimate of drug-likeness (QED) is 0.140. The summed E-state index contributed by atoms with van der Waals surface area (Å²) in [5.74, 6) is 2.59. The number of hydrogen-bond donors (Lipinski definition) is 0. The first kappa shape index (κ1) is 31.6. The van der Waals surface area contributed by atoms with E-state index in [1.54, 1.807) is 6.92 Å². The number of likely N-dealkylation sites (tertiary alicyclic amines) is 1. The van der Waals surface area contributed by atoms with Gasteiger partial charge in [-0.05, 0) is 75.5 Å². The summed E-state index contributed by atoms with van der Waals surface area (Å²) in [5, 5.41) is 0. The number of piperidine rings is 1. The fraction of sp³-hybridized carbons (Fsp3) is 0.757. The molecule has 3 aliphatic carbocycles. The molecule has 0 aromatic heterocycles. The van der Waals surface area contributed by atoms with Crippen molar-refractivity contribution in [2.75, 3.05) is 19.6 Å². The van der Waals surface area contributed by atoms with Crippen LogP contribution in [0.2, 0.25) is 0 Å². The van der Waals surface area contributed by atoms with Crippen LogP contribution in [0, 0.1) is 11.8 Å². The van der Waals surface area contributed by atoms with Gasteiger partial charge in [0.15, 0.2) is 11.5 Å². The van der Waals surface area contributed by atoms with E-state index in [0.717, 1.165) is 82.5 Å². The van der Waals surface area contributed by atoms with E-state index in [4.69, 9.17) is 9.47 Å². The van der Waals surface area contributed by atoms with Crippen molar-refractivity contribution in [3.8, 4) is 11.5 Å². The van der Waals surface area contributed by atoms with Crippen LogP contribution in [0.4, 0.5) is 0 Å². The number of carbonyl (C=O) groups is 3. The molecule has 3 fully saturated rings. The fourth-order valence-corrected chi connectivity index (χ4v) is 9.96. The van der Waals surface area contributed by atoms with Crippen LogP contribution in [0.1, 0.15) is 128 Å². The minimum absolute atomic E-state index is 0.00233. The molecular weight excluding hydrogens is 552 g/mol. The first-order valence-corrected chi connectivity index (χ1v) is 17.9. The van der Waals surface area contributed by atoms with Gasteiger partial charge in [-0.25, -0.2) is 0 Å². The zero-order chi connectivity index (χ0) is 30.8. The van der Waals surface area contributed by atoms with E-state index < -0.39 is 0 Å². The van der Waals surface area contributed by atoms with Gasteiger partial charge in [0.25, 0.3) is 0 Å². The largest absolute Gasteiger partial charge is 0.483 e. The molecule has 0 unspecified atom stereocenters. The molecule has 2 heterocycles. The van der Waals surface area contributed by atoms with Gasteiger partial charge in [0.2, 0.25) is 5.91 Å². The molecule has 5 atom stereocenters. The van der Waals surface area contributed by atoms with Crippen molar-refractivity contribution in [3.63, 3.8) is 0 Å². The standard InChI is InChI=1S/C37H54N2O5/c1-4-5-11-21-39(33(42)15-10-9-14-27-12-7-6-8-13-27)30-18-17-29-31-23-28-16-19-32(43-26(3)41)35-34(28)37(29,36(30)44-35)20-22-38(31)24-25(2)40/h16,19,27,29-31,36H,4-15,17-18,20-24H2,1-3H3/t29-,30-,31+,36-,37-/m0/s1. The van der Waals surface area contributed by atoms with Crippen LogP contribution in [0.25, 0.3) is 0 Å². The van der Waals surface area contributed by atoms with Crippen LogP contribution in [-0.4, -0.2) is 65.3 Å². The number of esters is 1. The average Bonchev–Trinajstić information content (AvgIpc) is 3.35. The number of ether oxygens (including phenoxy) is 2. The maximum Gasteiger partial charge on any atom is 0.308 e. The Labute approximate surface area is 264 Å². The molecule has 44 heavy (non-hydrogen) atoms. The van der Waals surface area contributed by atoms with E-state index in [1.165, 1.54) is 56.6 Å². The lowest BCUT2D eigenvalue weighted by Gasteiger charge is -2.60. The Kier molecular flexibility index (Phi) is 9.70. The lowest BCUT2D eigenvalue weighted by Crippen LogP contribution is -2.69. The second kappa shape index (κ2) is 13.5. The lowest BCUT2D eigenvalue weighted by molar-refractivity contribution is -0.144. The van der Waals surface area contributed by atoms with Crippen LogP contribution in [-0.2, 0) is 26.2 Å². The van der Waals surface area contributed by atoms with Gasteiger partial charge < -0.3 is 14.4 Å². The number of carbonyl (C=O) groups excluding carboxylic acids is 3. The van der Waals surface area contributed by atoms with E-state index in [2.05, 4.69) is 22.8 Å². The van der Waals surface area contributed by atoms with Crippen molar-refractivity contribution in [1.29, 1.82) is 0 Å². The van der Waals surface area contributed by atoms with E-state index in [9.17, 15) is 14.4 Å². The van der Waals surface area contributed by atoms with Crippen molar-refractivity contribution >= 4 is 17.7 Å². The van der Waals surface area contributed by atoms with Gasteiger partial charge in [-0.3, -0.25) is 19.3 Å². The maximum absolute atomic E-state index is 14.1. The molecule has 5 aliphatic rings. The minimum atomic E-state index is -0.347. The number of Topliss-reactive ketones (excluding diaryl/α,β-unsaturated/α-hetero) is 1. The van der Waals surface area contributed by atoms with Crippen LogP contribution < -0.4 is 9.47 Å². The Morgan fingerprint density at radius 2 is 1.84 bits per heavy atom. The van der Waals surface area contributed by atoms with Crippen molar-refractivity contribution < 1.29 is 23.9 Å². The summed E-state index contributed by atoms with van der Waals surface area (Å²) in [6.07, 6.45) is 17.6. The van der Waals surface area contributed by atoms with Crippen LogP contribution in [0.5, 0.6) is 11.5 Å². The first-order valence-electron chi connectivity index (χ1n) is 17.9. The highest BCUT2D eigenvalue weighted by Gasteiger charge is 2.66. The predicted octanol–water partition coefficient (Wildman–Crippen LogP) is 6.77. The molecule has 7 nitrogen and oxygen atoms in total. The zero-order valence-electron chi connectivity index (χ0n) is 27.4. The number of nitrogens with zero attached hydrogens (tertiary/aromatic N) is 2. The van der Waals surface area contributed by atoms with Gasteiger partial charge in [0.1, 0.15) is 11.9 Å². The van der Waals surface area contributed by atoms with Crippen LogP contribution in [0.15, 0.2) is 12.1 Å². The number of amides is 1. The van der Waals surface area contributed by atoms with E-state index in [1.807, 2.05) is 6.07 Å². The Hall–Kier alpha value is -2.41. The normalized spacial score (nSPS) is 29.1. The highest BCUT2D eigenvalue weighted by Crippen LogP contribution is 2.64. The van der Waals surface area contributed by atoms with Crippen LogP contribution >= 0.6 is 0 Å². The Balaban J connectivity index is 1.28. The third-order valence-corrected chi connectivity index (χ3v) is 11.8. The number of hydrogen-bond acceptors (Lipinski definition) is 6. The Morgan fingerprint density at radius 3 is 2.59 bits per heavy atom. The molecule has 1 spiro atoms. The summed E-state index contributed by atoms with van der Waals surface area (Å²) in [4.78, 5) is 43.1. The van der Waals surface area contributed by atoms with Gasteiger partial charge in [0, 0.05) is 36.9 Å². The molecule has 7 heteroatoms. The number of rotatable bonds is 13. The Bertz CT molecular complexity index is 1220. The molecule has 1 aromatic carbocycles. The number of benzene rings is 1. The van der Waals surface area contributed by atoms with Gasteiger partial charge in [-0.15, -0.1) is 0 Å². The first-order chi connectivity index (χ1) is 21.3. The monoisotopic (exact) mass is 606 g/mol. The topological polar surface area (TPSA) is 76.2 Å². The average molecular weight is 607 g/mol. The van der Waals surface area contributed by atoms with Gasteiger partial charge >= 0.3 is 5.97 Å². The maximum atomic E-state index is 14.1. The van der Waals surface area contributed by atoms with E-state index in [0.29, 0.717) is 24.6 Å². The summed E-state index contributed by atoms with van der Waals surface area (Å²) in [7, 11) is 0. The molecule has 2 saturated carbocycles. The molecule has 2 bridgehead atoms. The zero-order valence-corrected chi connectivity index (χ0v) is 27.4. The summed E-state index contributed by atoms with van der Waals surface area (Å²) >= 11 is 0. The summed E-state index contributed by atoms with van der Waals surface area (Å²) in [6, 6.07) is 4.28. The molecule has 1 amide bonds. The molecule has 6 rings (SSSR count). The van der Waals surface area contributed by atoms with Crippen molar-refractivity contribution in [2.45, 2.75) is 147 Å². The fourth-order valence-electron chi connectivity index (χ4n) is 9.96. The summed E-state index contributed by atoms with van der Waals surface area (Å²) < 4.78 is 12.7. The summed E-state index contributed by atoms with van der Waals surface area (Å²) in [6.45, 7) is 7.46. The molecule has 2 aliphatic heterocycles. The molecule has 0 radical (unpaired) electrons. The molecule has 1 aromatic rings. The van der Waals surface area contributed by atoms with Crippen molar-refractivity contribution in [3.05, 3.63) is 23.3 Å². The van der Waals surface area contributed by atoms with E-state index >= 15 is 0 Å². The van der Waals surface area contributed by atoms with E-state index in [-0.39, 0.29) is 41.3 Å².